The minimum atomic E-state index is -0.480. The van der Waals surface area contributed by atoms with Crippen LogP contribution < -0.4 is 15.4 Å². The monoisotopic (exact) mass is 510 g/mol. The molecule has 2 N–H and O–H groups in total. The molecule has 6 nitrogen and oxygen atoms in total. The molecular formula is C29H39ClN4O2. The maximum absolute atomic E-state index is 13.9. The van der Waals surface area contributed by atoms with Crippen LogP contribution in [0.5, 0.6) is 5.75 Å². The fourth-order valence-corrected chi connectivity index (χ4v) is 5.28. The number of benzene rings is 2. The van der Waals surface area contributed by atoms with Crippen LogP contribution >= 0.6 is 12.4 Å². The van der Waals surface area contributed by atoms with Crippen molar-refractivity contribution in [1.82, 2.24) is 15.1 Å². The fraction of sp³-hybridized carbons (Fsp3) is 0.448. The Labute approximate surface area is 221 Å². The third kappa shape index (κ3) is 5.10. The Hall–Kier alpha value is -2.99. The van der Waals surface area contributed by atoms with Gasteiger partial charge in [-0.2, -0.15) is 5.10 Å². The van der Waals surface area contributed by atoms with Crippen LogP contribution in [0.1, 0.15) is 87.1 Å². The lowest BCUT2D eigenvalue weighted by Crippen LogP contribution is -2.45. The van der Waals surface area contributed by atoms with Crippen molar-refractivity contribution < 1.29 is 9.53 Å². The number of carbonyl (C=O) groups is 1. The lowest BCUT2D eigenvalue weighted by Gasteiger charge is -2.38. The fourth-order valence-electron chi connectivity index (χ4n) is 5.28. The van der Waals surface area contributed by atoms with Gasteiger partial charge >= 0.3 is 0 Å². The molecule has 0 spiro atoms. The molecule has 0 saturated heterocycles. The van der Waals surface area contributed by atoms with Crippen LogP contribution in [0, 0.1) is 6.92 Å². The van der Waals surface area contributed by atoms with Gasteiger partial charge in [0.05, 0.1) is 29.4 Å². The minimum absolute atomic E-state index is 0. The molecule has 36 heavy (non-hydrogen) atoms. The molecule has 2 heterocycles. The summed E-state index contributed by atoms with van der Waals surface area (Å²) < 4.78 is 7.61. The van der Waals surface area contributed by atoms with Crippen molar-refractivity contribution in [2.45, 2.75) is 77.9 Å². The van der Waals surface area contributed by atoms with Gasteiger partial charge in [-0.3, -0.25) is 4.79 Å². The predicted octanol–water partition coefficient (Wildman–Crippen LogP) is 6.75. The van der Waals surface area contributed by atoms with Crippen LogP contribution in [0.2, 0.25) is 0 Å². The quantitative estimate of drug-likeness (QED) is 0.351. The van der Waals surface area contributed by atoms with E-state index in [1.165, 1.54) is 5.56 Å². The summed E-state index contributed by atoms with van der Waals surface area (Å²) in [6.45, 7) is 13.1. The number of carbonyl (C=O) groups excluding carboxylic acids is 1. The number of rotatable bonds is 8. The Morgan fingerprint density at radius 3 is 2.33 bits per heavy atom. The molecule has 0 fully saturated rings. The lowest BCUT2D eigenvalue weighted by molar-refractivity contribution is 0.0889. The van der Waals surface area contributed by atoms with Crippen molar-refractivity contribution in [3.8, 4) is 5.75 Å². The van der Waals surface area contributed by atoms with Crippen LogP contribution in [0.15, 0.2) is 54.6 Å². The van der Waals surface area contributed by atoms with E-state index in [1.54, 1.807) is 0 Å². The van der Waals surface area contributed by atoms with Crippen molar-refractivity contribution in [3.05, 3.63) is 77.0 Å². The van der Waals surface area contributed by atoms with Gasteiger partial charge in [0.15, 0.2) is 0 Å². The Kier molecular flexibility index (Phi) is 8.40. The van der Waals surface area contributed by atoms with E-state index in [2.05, 4.69) is 74.7 Å². The molecule has 1 atom stereocenters. The highest BCUT2D eigenvalue weighted by Gasteiger charge is 2.39. The van der Waals surface area contributed by atoms with Crippen molar-refractivity contribution in [2.24, 2.45) is 0 Å². The molecular weight excluding hydrogens is 472 g/mol. The zero-order valence-electron chi connectivity index (χ0n) is 22.2. The average molecular weight is 511 g/mol. The number of anilines is 1. The standard InChI is InChI=1S/C29H38N4O2.ClH/c1-7-29(8-2,22-15-17-23(18-16-22)35-9-3)31-27(34)25-20(4)32-33-26(25)30-24(19-28(33,5)6)21-13-11-10-12-14-21;/h10-18,24,30H,7-9,19H2,1-6H3,(H,31,34);1H/t24-;/m1./s1. The molecule has 7 heteroatoms. The number of halogens is 1. The van der Waals surface area contributed by atoms with Crippen LogP contribution in [0.25, 0.3) is 0 Å². The molecule has 3 aromatic rings. The zero-order chi connectivity index (χ0) is 25.2. The molecule has 1 aromatic heterocycles. The second-order valence-corrected chi connectivity index (χ2v) is 10.0. The number of hydrogen-bond acceptors (Lipinski definition) is 4. The van der Waals surface area contributed by atoms with E-state index >= 15 is 0 Å². The Morgan fingerprint density at radius 1 is 1.11 bits per heavy atom. The molecule has 1 aliphatic rings. The first-order valence-corrected chi connectivity index (χ1v) is 12.7. The van der Waals surface area contributed by atoms with Crippen molar-refractivity contribution in [1.29, 1.82) is 0 Å². The van der Waals surface area contributed by atoms with Crippen LogP contribution in [-0.2, 0) is 11.1 Å². The largest absolute Gasteiger partial charge is 0.494 e. The van der Waals surface area contributed by atoms with Crippen molar-refractivity contribution >= 4 is 24.1 Å². The summed E-state index contributed by atoms with van der Waals surface area (Å²) in [5.41, 5.74) is 2.94. The summed E-state index contributed by atoms with van der Waals surface area (Å²) in [5, 5.41) is 11.9. The molecule has 0 radical (unpaired) electrons. The number of ether oxygens (including phenoxy) is 1. The topological polar surface area (TPSA) is 68.2 Å². The average Bonchev–Trinajstić information content (AvgIpc) is 3.20. The molecule has 0 saturated carbocycles. The van der Waals surface area contributed by atoms with Gasteiger partial charge < -0.3 is 15.4 Å². The molecule has 1 aliphatic heterocycles. The van der Waals surface area contributed by atoms with Gasteiger partial charge in [0.1, 0.15) is 17.1 Å². The van der Waals surface area contributed by atoms with Gasteiger partial charge in [-0.25, -0.2) is 4.68 Å². The number of nitrogens with one attached hydrogen (secondary N) is 2. The molecule has 0 aliphatic carbocycles. The first-order chi connectivity index (χ1) is 16.7. The lowest BCUT2D eigenvalue weighted by atomic mass is 9.84. The number of hydrogen-bond donors (Lipinski definition) is 2. The van der Waals surface area contributed by atoms with Gasteiger partial charge in [-0.15, -0.1) is 12.4 Å². The summed E-state index contributed by atoms with van der Waals surface area (Å²) in [6, 6.07) is 18.6. The van der Waals surface area contributed by atoms with Crippen molar-refractivity contribution in [2.75, 3.05) is 11.9 Å². The van der Waals surface area contributed by atoms with Gasteiger partial charge in [-0.05, 0) is 70.2 Å². The number of aromatic nitrogens is 2. The number of fused-ring (bicyclic) bond motifs is 1. The molecule has 0 unspecified atom stereocenters. The van der Waals surface area contributed by atoms with E-state index < -0.39 is 5.54 Å². The molecule has 194 valence electrons. The first-order valence-electron chi connectivity index (χ1n) is 12.7. The predicted molar refractivity (Wildman–Crippen MR) is 148 cm³/mol. The first kappa shape index (κ1) is 27.6. The highest BCUT2D eigenvalue weighted by atomic mass is 35.5. The Morgan fingerprint density at radius 2 is 1.75 bits per heavy atom. The van der Waals surface area contributed by atoms with Gasteiger partial charge in [0, 0.05) is 0 Å². The summed E-state index contributed by atoms with van der Waals surface area (Å²) in [7, 11) is 0. The van der Waals surface area contributed by atoms with Gasteiger partial charge in [0.2, 0.25) is 0 Å². The van der Waals surface area contributed by atoms with E-state index in [9.17, 15) is 4.79 Å². The Bertz CT molecular complexity index is 1170. The van der Waals surface area contributed by atoms with Crippen LogP contribution in [0.3, 0.4) is 0 Å². The van der Waals surface area contributed by atoms with Gasteiger partial charge in [-0.1, -0.05) is 56.3 Å². The summed E-state index contributed by atoms with van der Waals surface area (Å²) in [4.78, 5) is 13.9. The van der Waals surface area contributed by atoms with Crippen LogP contribution in [-0.4, -0.2) is 22.3 Å². The smallest absolute Gasteiger partial charge is 0.257 e. The highest BCUT2D eigenvalue weighted by Crippen LogP contribution is 2.41. The molecule has 2 aromatic carbocycles. The third-order valence-electron chi connectivity index (χ3n) is 7.36. The molecule has 1 amide bonds. The minimum Gasteiger partial charge on any atom is -0.494 e. The molecule has 4 rings (SSSR count). The maximum Gasteiger partial charge on any atom is 0.257 e. The zero-order valence-corrected chi connectivity index (χ0v) is 23.0. The number of nitrogens with zero attached hydrogens (tertiary/aromatic N) is 2. The van der Waals surface area contributed by atoms with Gasteiger partial charge in [0.25, 0.3) is 5.91 Å². The second kappa shape index (κ2) is 11.0. The van der Waals surface area contributed by atoms with E-state index in [0.717, 1.165) is 42.1 Å². The van der Waals surface area contributed by atoms with Crippen LogP contribution in [0.4, 0.5) is 5.82 Å². The SMILES string of the molecule is CCOc1ccc(C(CC)(CC)NC(=O)c2c(C)nn3c2N[C@@H](c2ccccc2)CC3(C)C)cc1.Cl. The summed E-state index contributed by atoms with van der Waals surface area (Å²) in [5.74, 6) is 1.53. The van der Waals surface area contributed by atoms with Crippen molar-refractivity contribution in [3.63, 3.8) is 0 Å². The second-order valence-electron chi connectivity index (χ2n) is 10.0. The summed E-state index contributed by atoms with van der Waals surface area (Å²) >= 11 is 0. The normalized spacial score (nSPS) is 16.3. The highest BCUT2D eigenvalue weighted by molar-refractivity contribution is 6.00. The third-order valence-corrected chi connectivity index (χ3v) is 7.36. The van der Waals surface area contributed by atoms with E-state index in [1.807, 2.05) is 36.7 Å². The number of amides is 1. The van der Waals surface area contributed by atoms with E-state index in [-0.39, 0.29) is 29.9 Å². The maximum atomic E-state index is 13.9. The number of aryl methyl sites for hydroxylation is 1. The Balaban J connectivity index is 0.00000361. The van der Waals surface area contributed by atoms with E-state index in [0.29, 0.717) is 12.2 Å². The molecule has 0 bridgehead atoms. The summed E-state index contributed by atoms with van der Waals surface area (Å²) in [6.07, 6.45) is 2.43. The van der Waals surface area contributed by atoms with E-state index in [4.69, 9.17) is 9.84 Å².